The van der Waals surface area contributed by atoms with Crippen LogP contribution in [0, 0.1) is 11.8 Å². The second-order valence-electron chi connectivity index (χ2n) is 5.77. The van der Waals surface area contributed by atoms with E-state index < -0.39 is 10.0 Å². The molecule has 0 bridgehead atoms. The van der Waals surface area contributed by atoms with Crippen LogP contribution < -0.4 is 10.1 Å². The van der Waals surface area contributed by atoms with E-state index in [1.807, 2.05) is 13.1 Å². The number of nitrogens with one attached hydrogen (secondary N) is 1. The van der Waals surface area contributed by atoms with Crippen molar-refractivity contribution in [2.24, 2.45) is 11.8 Å². The molecular formula is C15H24N2O3S. The molecular weight excluding hydrogens is 288 g/mol. The molecule has 1 aromatic carbocycles. The number of hydrogen-bond donors (Lipinski definition) is 1. The third-order valence-corrected chi connectivity index (χ3v) is 5.93. The zero-order valence-corrected chi connectivity index (χ0v) is 13.9. The fraction of sp³-hybridized carbons (Fsp3) is 0.600. The fourth-order valence-corrected chi connectivity index (χ4v) is 3.85. The van der Waals surface area contributed by atoms with E-state index in [2.05, 4.69) is 12.2 Å². The summed E-state index contributed by atoms with van der Waals surface area (Å²) in [6.45, 7) is 3.40. The van der Waals surface area contributed by atoms with Crippen LogP contribution in [0.3, 0.4) is 0 Å². The molecule has 1 aromatic rings. The van der Waals surface area contributed by atoms with E-state index in [0.717, 1.165) is 12.0 Å². The van der Waals surface area contributed by atoms with Gasteiger partial charge in [0.25, 0.3) is 0 Å². The molecule has 0 amide bonds. The van der Waals surface area contributed by atoms with E-state index in [-0.39, 0.29) is 4.90 Å². The van der Waals surface area contributed by atoms with Gasteiger partial charge in [0.1, 0.15) is 10.6 Å². The molecule has 1 aliphatic rings. The van der Waals surface area contributed by atoms with Crippen LogP contribution in [0.2, 0.25) is 0 Å². The topological polar surface area (TPSA) is 58.6 Å². The maximum Gasteiger partial charge on any atom is 0.246 e. The zero-order valence-electron chi connectivity index (χ0n) is 13.1. The molecule has 0 radical (unpaired) electrons. The monoisotopic (exact) mass is 312 g/mol. The van der Waals surface area contributed by atoms with E-state index in [9.17, 15) is 8.42 Å². The number of benzene rings is 1. The predicted molar refractivity (Wildman–Crippen MR) is 82.8 cm³/mol. The van der Waals surface area contributed by atoms with Crippen LogP contribution in [-0.2, 0) is 16.6 Å². The highest BCUT2D eigenvalue weighted by molar-refractivity contribution is 7.89. The highest BCUT2D eigenvalue weighted by Crippen LogP contribution is 2.39. The normalized spacial score (nSPS) is 21.6. The van der Waals surface area contributed by atoms with Crippen molar-refractivity contribution in [3.05, 3.63) is 23.8 Å². The molecule has 5 nitrogen and oxygen atoms in total. The molecule has 1 saturated carbocycles. The lowest BCUT2D eigenvalue weighted by molar-refractivity contribution is 0.395. The van der Waals surface area contributed by atoms with Gasteiger partial charge in [-0.1, -0.05) is 13.0 Å². The van der Waals surface area contributed by atoms with Crippen molar-refractivity contribution in [1.29, 1.82) is 0 Å². The lowest BCUT2D eigenvalue weighted by Crippen LogP contribution is -2.29. The van der Waals surface area contributed by atoms with Crippen LogP contribution in [0.25, 0.3) is 0 Å². The largest absolute Gasteiger partial charge is 0.495 e. The van der Waals surface area contributed by atoms with Gasteiger partial charge < -0.3 is 10.1 Å². The molecule has 0 spiro atoms. The van der Waals surface area contributed by atoms with Crippen LogP contribution in [0.1, 0.15) is 18.9 Å². The zero-order chi connectivity index (χ0) is 15.6. The van der Waals surface area contributed by atoms with Crippen molar-refractivity contribution < 1.29 is 13.2 Å². The van der Waals surface area contributed by atoms with Gasteiger partial charge in [-0.2, -0.15) is 0 Å². The van der Waals surface area contributed by atoms with Crippen molar-refractivity contribution >= 4 is 10.0 Å². The smallest absolute Gasteiger partial charge is 0.246 e. The number of sulfonamides is 1. The summed E-state index contributed by atoms with van der Waals surface area (Å²) in [5, 5.41) is 3.04. The Hall–Kier alpha value is -1.11. The van der Waals surface area contributed by atoms with E-state index in [1.54, 1.807) is 19.2 Å². The Kier molecular flexibility index (Phi) is 4.91. The summed E-state index contributed by atoms with van der Waals surface area (Å²) in [4.78, 5) is 0.237. The standard InChI is InChI=1S/C15H24N2O3S/c1-11-7-13(11)10-17(3)21(18,19)15-6-5-12(9-16-2)8-14(15)20-4/h5-6,8,11,13,16H,7,9-10H2,1-4H3. The summed E-state index contributed by atoms with van der Waals surface area (Å²) in [7, 11) is 1.49. The Bertz CT molecular complexity index is 601. The number of hydrogen-bond acceptors (Lipinski definition) is 4. The SMILES string of the molecule is CNCc1ccc(S(=O)(=O)N(C)CC2CC2C)c(OC)c1. The minimum absolute atomic E-state index is 0.237. The van der Waals surface area contributed by atoms with Gasteiger partial charge in [0.05, 0.1) is 7.11 Å². The van der Waals surface area contributed by atoms with Crippen molar-refractivity contribution in [1.82, 2.24) is 9.62 Å². The Morgan fingerprint density at radius 2 is 2.10 bits per heavy atom. The van der Waals surface area contributed by atoms with Gasteiger partial charge in [-0.15, -0.1) is 0 Å². The number of rotatable bonds is 7. The first-order valence-corrected chi connectivity index (χ1v) is 8.62. The van der Waals surface area contributed by atoms with Crippen molar-refractivity contribution in [3.63, 3.8) is 0 Å². The second kappa shape index (κ2) is 6.34. The minimum Gasteiger partial charge on any atom is -0.495 e. The summed E-state index contributed by atoms with van der Waals surface area (Å²) < 4.78 is 32.1. The second-order valence-corrected chi connectivity index (χ2v) is 7.79. The first kappa shape index (κ1) is 16.3. The predicted octanol–water partition coefficient (Wildman–Crippen LogP) is 1.69. The third-order valence-electron chi connectivity index (χ3n) is 4.06. The molecule has 0 aromatic heterocycles. The summed E-state index contributed by atoms with van der Waals surface area (Å²) in [5.74, 6) is 1.51. The summed E-state index contributed by atoms with van der Waals surface area (Å²) in [6.07, 6.45) is 1.11. The van der Waals surface area contributed by atoms with Gasteiger partial charge in [0.2, 0.25) is 10.0 Å². The highest BCUT2D eigenvalue weighted by atomic mass is 32.2. The average Bonchev–Trinajstić information content (AvgIpc) is 3.14. The number of methoxy groups -OCH3 is 1. The van der Waals surface area contributed by atoms with Gasteiger partial charge in [-0.3, -0.25) is 0 Å². The molecule has 2 rings (SSSR count). The number of ether oxygens (including phenoxy) is 1. The molecule has 0 aliphatic heterocycles. The quantitative estimate of drug-likeness (QED) is 0.832. The Balaban J connectivity index is 2.25. The Morgan fingerprint density at radius 3 is 2.62 bits per heavy atom. The van der Waals surface area contributed by atoms with Crippen LogP contribution in [0.4, 0.5) is 0 Å². The first-order chi connectivity index (χ1) is 9.90. The summed E-state index contributed by atoms with van der Waals surface area (Å²) in [5.41, 5.74) is 0.992. The summed E-state index contributed by atoms with van der Waals surface area (Å²) in [6, 6.07) is 5.23. The van der Waals surface area contributed by atoms with Crippen LogP contribution in [0.15, 0.2) is 23.1 Å². The van der Waals surface area contributed by atoms with Crippen LogP contribution in [-0.4, -0.2) is 40.5 Å². The molecule has 2 atom stereocenters. The van der Waals surface area contributed by atoms with Gasteiger partial charge in [-0.25, -0.2) is 12.7 Å². The van der Waals surface area contributed by atoms with Crippen LogP contribution in [0.5, 0.6) is 5.75 Å². The lowest BCUT2D eigenvalue weighted by atomic mass is 10.2. The molecule has 6 heteroatoms. The lowest BCUT2D eigenvalue weighted by Gasteiger charge is -2.19. The van der Waals surface area contributed by atoms with Crippen LogP contribution >= 0.6 is 0 Å². The third kappa shape index (κ3) is 3.56. The minimum atomic E-state index is -3.50. The van der Waals surface area contributed by atoms with Gasteiger partial charge >= 0.3 is 0 Å². The van der Waals surface area contributed by atoms with E-state index in [0.29, 0.717) is 30.7 Å². The molecule has 0 heterocycles. The van der Waals surface area contributed by atoms with E-state index >= 15 is 0 Å². The maximum absolute atomic E-state index is 12.7. The van der Waals surface area contributed by atoms with Crippen molar-refractivity contribution in [2.75, 3.05) is 27.7 Å². The first-order valence-electron chi connectivity index (χ1n) is 7.18. The molecule has 0 saturated heterocycles. The Labute approximate surface area is 127 Å². The fourth-order valence-electron chi connectivity index (χ4n) is 2.49. The molecule has 2 unspecified atom stereocenters. The van der Waals surface area contributed by atoms with Crippen molar-refractivity contribution in [3.8, 4) is 5.75 Å². The van der Waals surface area contributed by atoms with Gasteiger partial charge in [-0.05, 0) is 43.0 Å². The Morgan fingerprint density at radius 1 is 1.43 bits per heavy atom. The molecule has 118 valence electrons. The molecule has 1 N–H and O–H groups in total. The summed E-state index contributed by atoms with van der Waals surface area (Å²) >= 11 is 0. The maximum atomic E-state index is 12.7. The highest BCUT2D eigenvalue weighted by Gasteiger charge is 2.36. The van der Waals surface area contributed by atoms with Crippen molar-refractivity contribution in [2.45, 2.75) is 24.8 Å². The van der Waals surface area contributed by atoms with E-state index in [4.69, 9.17) is 4.74 Å². The number of nitrogens with zero attached hydrogens (tertiary/aromatic N) is 1. The molecule has 1 aliphatic carbocycles. The van der Waals surface area contributed by atoms with Gasteiger partial charge in [0.15, 0.2) is 0 Å². The van der Waals surface area contributed by atoms with Gasteiger partial charge in [0, 0.05) is 20.1 Å². The molecule has 21 heavy (non-hydrogen) atoms. The average molecular weight is 312 g/mol. The van der Waals surface area contributed by atoms with E-state index in [1.165, 1.54) is 11.4 Å². The molecule has 1 fully saturated rings.